The van der Waals surface area contributed by atoms with Gasteiger partial charge in [-0.1, -0.05) is 12.1 Å². The zero-order valence-corrected chi connectivity index (χ0v) is 14.7. The number of halogens is 1. The van der Waals surface area contributed by atoms with E-state index in [4.69, 9.17) is 4.42 Å². The Labute approximate surface area is 154 Å². The van der Waals surface area contributed by atoms with Crippen LogP contribution in [-0.4, -0.2) is 15.9 Å². The normalized spacial score (nSPS) is 20.1. The lowest BCUT2D eigenvalue weighted by molar-refractivity contribution is -0.123. The molecule has 0 radical (unpaired) electrons. The molecule has 0 aliphatic heterocycles. The van der Waals surface area contributed by atoms with E-state index in [2.05, 4.69) is 15.3 Å². The molecule has 0 unspecified atom stereocenters. The minimum absolute atomic E-state index is 0.0143. The van der Waals surface area contributed by atoms with Crippen LogP contribution in [0.15, 0.2) is 52.9 Å². The van der Waals surface area contributed by atoms with Crippen molar-refractivity contribution >= 4 is 27.9 Å². The highest BCUT2D eigenvalue weighted by Crippen LogP contribution is 2.47. The van der Waals surface area contributed by atoms with Gasteiger partial charge in [0.15, 0.2) is 0 Å². The third-order valence-electron chi connectivity index (χ3n) is 5.17. The summed E-state index contributed by atoms with van der Waals surface area (Å²) in [4.78, 5) is 20.5. The largest absolute Gasteiger partial charge is 0.459 e. The Hall–Kier alpha value is -3.15. The summed E-state index contributed by atoms with van der Waals surface area (Å²) in [5, 5.41) is 3.69. The summed E-state index contributed by atoms with van der Waals surface area (Å²) < 4.78 is 19.1. The number of aromatic amines is 1. The number of imidazole rings is 1. The van der Waals surface area contributed by atoms with E-state index in [0.717, 1.165) is 23.3 Å². The summed E-state index contributed by atoms with van der Waals surface area (Å²) in [6, 6.07) is 13.7. The van der Waals surface area contributed by atoms with Gasteiger partial charge in [-0.15, -0.1) is 0 Å². The van der Waals surface area contributed by atoms with Crippen LogP contribution in [0.4, 0.5) is 4.39 Å². The van der Waals surface area contributed by atoms with Crippen LogP contribution in [0.2, 0.25) is 0 Å². The molecule has 1 amide bonds. The van der Waals surface area contributed by atoms with Gasteiger partial charge in [-0.25, -0.2) is 9.37 Å². The first-order valence-corrected chi connectivity index (χ1v) is 9.02. The summed E-state index contributed by atoms with van der Waals surface area (Å²) in [6.07, 6.45) is 0.781. The summed E-state index contributed by atoms with van der Waals surface area (Å²) >= 11 is 0. The number of carbonyl (C=O) groups excluding carboxylic acids is 1. The zero-order valence-electron chi connectivity index (χ0n) is 14.7. The molecular formula is C21H18FN3O2. The Morgan fingerprint density at radius 2 is 2.15 bits per heavy atom. The molecule has 2 aromatic heterocycles. The molecule has 1 aliphatic rings. The van der Waals surface area contributed by atoms with Gasteiger partial charge in [-0.05, 0) is 49.7 Å². The molecule has 0 spiro atoms. The molecule has 136 valence electrons. The van der Waals surface area contributed by atoms with Crippen LogP contribution in [0, 0.1) is 11.7 Å². The smallest absolute Gasteiger partial charge is 0.224 e. The second-order valence-corrected chi connectivity index (χ2v) is 7.15. The summed E-state index contributed by atoms with van der Waals surface area (Å²) in [5.74, 6) is 1.19. The Bertz CT molecular complexity index is 1130. The number of para-hydroxylation sites is 2. The zero-order chi connectivity index (χ0) is 18.5. The maximum absolute atomic E-state index is 13.3. The minimum Gasteiger partial charge on any atom is -0.459 e. The Morgan fingerprint density at radius 1 is 1.30 bits per heavy atom. The number of amides is 1. The van der Waals surface area contributed by atoms with E-state index in [1.54, 1.807) is 12.1 Å². The monoisotopic (exact) mass is 363 g/mol. The molecule has 2 heterocycles. The van der Waals surface area contributed by atoms with Crippen LogP contribution in [0.5, 0.6) is 0 Å². The molecule has 2 N–H and O–H groups in total. The predicted octanol–water partition coefficient (Wildman–Crippen LogP) is 4.43. The third-order valence-corrected chi connectivity index (χ3v) is 5.17. The van der Waals surface area contributed by atoms with E-state index in [1.165, 1.54) is 12.1 Å². The van der Waals surface area contributed by atoms with Crippen LogP contribution >= 0.6 is 0 Å². The first-order chi connectivity index (χ1) is 13.1. The van der Waals surface area contributed by atoms with Gasteiger partial charge in [0.05, 0.1) is 17.1 Å². The average Bonchev–Trinajstić information content (AvgIpc) is 3.16. The van der Waals surface area contributed by atoms with Gasteiger partial charge in [-0.3, -0.25) is 4.79 Å². The van der Waals surface area contributed by atoms with Crippen LogP contribution in [0.1, 0.15) is 36.9 Å². The molecule has 4 aromatic rings. The number of H-pyrrole nitrogens is 1. The highest BCUT2D eigenvalue weighted by molar-refractivity contribution is 5.84. The van der Waals surface area contributed by atoms with E-state index in [0.29, 0.717) is 16.7 Å². The van der Waals surface area contributed by atoms with Crippen LogP contribution < -0.4 is 5.32 Å². The Morgan fingerprint density at radius 3 is 3.00 bits per heavy atom. The van der Waals surface area contributed by atoms with Gasteiger partial charge in [0, 0.05) is 17.2 Å². The van der Waals surface area contributed by atoms with E-state index >= 15 is 0 Å². The number of nitrogens with one attached hydrogen (secondary N) is 2. The second-order valence-electron chi connectivity index (χ2n) is 7.15. The van der Waals surface area contributed by atoms with Crippen molar-refractivity contribution in [3.8, 4) is 0 Å². The number of hydrogen-bond donors (Lipinski definition) is 2. The fourth-order valence-corrected chi connectivity index (χ4v) is 3.57. The van der Waals surface area contributed by atoms with Gasteiger partial charge in [0.2, 0.25) is 5.91 Å². The number of rotatable bonds is 4. The first kappa shape index (κ1) is 16.1. The lowest BCUT2D eigenvalue weighted by Gasteiger charge is -2.11. The lowest BCUT2D eigenvalue weighted by Crippen LogP contribution is -2.28. The molecule has 6 heteroatoms. The van der Waals surface area contributed by atoms with Gasteiger partial charge in [0.1, 0.15) is 23.0 Å². The number of benzene rings is 2. The SMILES string of the molecule is C[C@@H](NC(=O)[C@H]1C[C@@H]1c1nc2ccccc2[nH]1)c1cc2cc(F)ccc2o1. The number of carbonyl (C=O) groups is 1. The molecule has 1 saturated carbocycles. The molecule has 5 nitrogen and oxygen atoms in total. The van der Waals surface area contributed by atoms with E-state index in [-0.39, 0.29) is 29.6 Å². The number of fused-ring (bicyclic) bond motifs is 2. The van der Waals surface area contributed by atoms with Crippen molar-refractivity contribution in [2.45, 2.75) is 25.3 Å². The van der Waals surface area contributed by atoms with Gasteiger partial charge < -0.3 is 14.7 Å². The van der Waals surface area contributed by atoms with Crippen molar-refractivity contribution in [1.82, 2.24) is 15.3 Å². The number of aromatic nitrogens is 2. The summed E-state index contributed by atoms with van der Waals surface area (Å²) in [6.45, 7) is 1.87. The first-order valence-electron chi connectivity index (χ1n) is 9.02. The van der Waals surface area contributed by atoms with Crippen molar-refractivity contribution in [3.63, 3.8) is 0 Å². The van der Waals surface area contributed by atoms with Crippen molar-refractivity contribution in [3.05, 3.63) is 65.9 Å². The van der Waals surface area contributed by atoms with E-state index in [9.17, 15) is 9.18 Å². The van der Waals surface area contributed by atoms with E-state index < -0.39 is 0 Å². The molecule has 27 heavy (non-hydrogen) atoms. The van der Waals surface area contributed by atoms with Crippen molar-refractivity contribution < 1.29 is 13.6 Å². The van der Waals surface area contributed by atoms with Crippen molar-refractivity contribution in [2.75, 3.05) is 0 Å². The molecule has 1 fully saturated rings. The standard InChI is InChI=1S/C21H18FN3O2/c1-11(19-9-12-8-13(22)6-7-18(12)27-19)23-21(26)15-10-14(15)20-24-16-4-2-3-5-17(16)25-20/h2-9,11,14-15H,10H2,1H3,(H,23,26)(H,24,25)/t11-,14+,15+/m1/s1. The van der Waals surface area contributed by atoms with Gasteiger partial charge in [-0.2, -0.15) is 0 Å². The highest BCUT2D eigenvalue weighted by atomic mass is 19.1. The average molecular weight is 363 g/mol. The molecule has 0 saturated heterocycles. The fourth-order valence-electron chi connectivity index (χ4n) is 3.57. The van der Waals surface area contributed by atoms with Crippen LogP contribution in [-0.2, 0) is 4.79 Å². The third kappa shape index (κ3) is 2.87. The Balaban J connectivity index is 1.28. The number of nitrogens with zero attached hydrogens (tertiary/aromatic N) is 1. The predicted molar refractivity (Wildman–Crippen MR) is 99.7 cm³/mol. The molecular weight excluding hydrogens is 345 g/mol. The van der Waals surface area contributed by atoms with Crippen molar-refractivity contribution in [2.24, 2.45) is 5.92 Å². The summed E-state index contributed by atoms with van der Waals surface area (Å²) in [7, 11) is 0. The maximum atomic E-state index is 13.3. The van der Waals surface area contributed by atoms with Gasteiger partial charge >= 0.3 is 0 Å². The Kier molecular flexibility index (Phi) is 3.53. The summed E-state index contributed by atoms with van der Waals surface area (Å²) in [5.41, 5.74) is 2.52. The van der Waals surface area contributed by atoms with Crippen LogP contribution in [0.25, 0.3) is 22.0 Å². The molecule has 1 aliphatic carbocycles. The molecule has 3 atom stereocenters. The maximum Gasteiger partial charge on any atom is 0.224 e. The van der Waals surface area contributed by atoms with E-state index in [1.807, 2.05) is 31.2 Å². The highest BCUT2D eigenvalue weighted by Gasteiger charge is 2.46. The molecule has 5 rings (SSSR count). The lowest BCUT2D eigenvalue weighted by atomic mass is 10.2. The van der Waals surface area contributed by atoms with Gasteiger partial charge in [0.25, 0.3) is 0 Å². The van der Waals surface area contributed by atoms with Crippen molar-refractivity contribution in [1.29, 1.82) is 0 Å². The molecule has 2 aromatic carbocycles. The fraction of sp³-hybridized carbons (Fsp3) is 0.238. The molecule has 0 bridgehead atoms. The quantitative estimate of drug-likeness (QED) is 0.563. The van der Waals surface area contributed by atoms with Crippen LogP contribution in [0.3, 0.4) is 0 Å². The minimum atomic E-state index is -0.307. The topological polar surface area (TPSA) is 70.9 Å². The number of hydrogen-bond acceptors (Lipinski definition) is 3. The number of furan rings is 1. The second kappa shape index (κ2) is 5.94.